The molecule has 0 aliphatic carbocycles. The van der Waals surface area contributed by atoms with Crippen molar-refractivity contribution < 1.29 is 9.53 Å². The van der Waals surface area contributed by atoms with Crippen molar-refractivity contribution in [2.75, 3.05) is 26.8 Å². The molecular weight excluding hydrogens is 218 g/mol. The molecule has 96 valence electrons. The van der Waals surface area contributed by atoms with Crippen molar-refractivity contribution in [1.82, 2.24) is 4.90 Å². The summed E-state index contributed by atoms with van der Waals surface area (Å²) in [6.45, 7) is 3.40. The van der Waals surface area contributed by atoms with E-state index in [2.05, 4.69) is 6.07 Å². The van der Waals surface area contributed by atoms with Gasteiger partial charge in [-0.2, -0.15) is 5.26 Å². The first kappa shape index (κ1) is 13.9. The van der Waals surface area contributed by atoms with E-state index >= 15 is 0 Å². The monoisotopic (exact) mass is 239 g/mol. The van der Waals surface area contributed by atoms with Crippen LogP contribution in [0.4, 0.5) is 0 Å². The van der Waals surface area contributed by atoms with Crippen molar-refractivity contribution in [3.63, 3.8) is 0 Å². The van der Waals surface area contributed by atoms with E-state index in [1.165, 1.54) is 0 Å². The van der Waals surface area contributed by atoms with Crippen LogP contribution in [0.1, 0.15) is 26.2 Å². The zero-order chi connectivity index (χ0) is 12.9. The summed E-state index contributed by atoms with van der Waals surface area (Å²) >= 11 is 0. The number of nitriles is 1. The summed E-state index contributed by atoms with van der Waals surface area (Å²) in [7, 11) is 1.75. The SMILES string of the molecule is CC(CC#N)N(C)C(=O)C1(CN)CCOCC1. The first-order valence-electron chi connectivity index (χ1n) is 5.99. The van der Waals surface area contributed by atoms with Gasteiger partial charge in [0.25, 0.3) is 0 Å². The van der Waals surface area contributed by atoms with E-state index in [9.17, 15) is 4.79 Å². The second kappa shape index (κ2) is 5.99. The van der Waals surface area contributed by atoms with Crippen molar-refractivity contribution in [2.24, 2.45) is 11.1 Å². The Balaban J connectivity index is 2.75. The average Bonchev–Trinajstić information content (AvgIpc) is 2.38. The van der Waals surface area contributed by atoms with Gasteiger partial charge in [0, 0.05) is 32.8 Å². The van der Waals surface area contributed by atoms with E-state index in [4.69, 9.17) is 15.7 Å². The maximum atomic E-state index is 12.4. The summed E-state index contributed by atoms with van der Waals surface area (Å²) < 4.78 is 5.29. The molecule has 1 amide bonds. The van der Waals surface area contributed by atoms with E-state index in [0.29, 0.717) is 39.0 Å². The van der Waals surface area contributed by atoms with Crippen LogP contribution in [0, 0.1) is 16.7 Å². The van der Waals surface area contributed by atoms with Gasteiger partial charge in [0.05, 0.1) is 17.9 Å². The number of amides is 1. The molecule has 0 bridgehead atoms. The van der Waals surface area contributed by atoms with Gasteiger partial charge in [-0.05, 0) is 19.8 Å². The Morgan fingerprint density at radius 1 is 1.59 bits per heavy atom. The highest BCUT2D eigenvalue weighted by Crippen LogP contribution is 2.32. The minimum absolute atomic E-state index is 0.0473. The van der Waals surface area contributed by atoms with Crippen LogP contribution >= 0.6 is 0 Å². The smallest absolute Gasteiger partial charge is 0.230 e. The molecular formula is C12H21N3O2. The maximum absolute atomic E-state index is 12.4. The lowest BCUT2D eigenvalue weighted by Gasteiger charge is -2.39. The molecule has 0 saturated carbocycles. The van der Waals surface area contributed by atoms with Crippen LogP contribution < -0.4 is 5.73 Å². The molecule has 2 N–H and O–H groups in total. The first-order chi connectivity index (χ1) is 8.07. The molecule has 1 fully saturated rings. The number of carbonyl (C=O) groups excluding carboxylic acids is 1. The second-order valence-corrected chi connectivity index (χ2v) is 4.72. The molecule has 1 unspecified atom stereocenters. The number of carbonyl (C=O) groups is 1. The summed E-state index contributed by atoms with van der Waals surface area (Å²) in [5.41, 5.74) is 5.29. The summed E-state index contributed by atoms with van der Waals surface area (Å²) in [6, 6.07) is 2.02. The van der Waals surface area contributed by atoms with E-state index in [1.54, 1.807) is 11.9 Å². The highest BCUT2D eigenvalue weighted by atomic mass is 16.5. The van der Waals surface area contributed by atoms with Crippen LogP contribution in [0.15, 0.2) is 0 Å². The molecule has 0 aromatic carbocycles. The Hall–Kier alpha value is -1.12. The fourth-order valence-electron chi connectivity index (χ4n) is 2.11. The highest BCUT2D eigenvalue weighted by molar-refractivity contribution is 5.83. The predicted octanol–water partition coefficient (Wildman–Crippen LogP) is 0.502. The van der Waals surface area contributed by atoms with Crippen LogP contribution in [0.5, 0.6) is 0 Å². The van der Waals surface area contributed by atoms with Crippen molar-refractivity contribution in [3.05, 3.63) is 0 Å². The molecule has 1 aliphatic rings. The highest BCUT2D eigenvalue weighted by Gasteiger charge is 2.41. The van der Waals surface area contributed by atoms with Crippen LogP contribution in [0.3, 0.4) is 0 Å². The Morgan fingerprint density at radius 3 is 2.65 bits per heavy atom. The van der Waals surface area contributed by atoms with Crippen LogP contribution in [0.25, 0.3) is 0 Å². The van der Waals surface area contributed by atoms with E-state index < -0.39 is 5.41 Å². The van der Waals surface area contributed by atoms with Crippen molar-refractivity contribution in [1.29, 1.82) is 5.26 Å². The number of hydrogen-bond acceptors (Lipinski definition) is 4. The fraction of sp³-hybridized carbons (Fsp3) is 0.833. The normalized spacial score (nSPS) is 20.4. The Labute approximate surface area is 103 Å². The number of hydrogen-bond donors (Lipinski definition) is 1. The molecule has 1 heterocycles. The molecule has 1 saturated heterocycles. The number of ether oxygens (including phenoxy) is 1. The molecule has 0 spiro atoms. The minimum atomic E-state index is -0.489. The predicted molar refractivity (Wildman–Crippen MR) is 64.0 cm³/mol. The lowest BCUT2D eigenvalue weighted by molar-refractivity contribution is -0.147. The molecule has 5 heteroatoms. The maximum Gasteiger partial charge on any atom is 0.230 e. The van der Waals surface area contributed by atoms with Gasteiger partial charge in [0.15, 0.2) is 0 Å². The fourth-order valence-corrected chi connectivity index (χ4v) is 2.11. The van der Waals surface area contributed by atoms with Crippen molar-refractivity contribution >= 4 is 5.91 Å². The van der Waals surface area contributed by atoms with E-state index in [0.717, 1.165) is 0 Å². The lowest BCUT2D eigenvalue weighted by atomic mass is 9.78. The zero-order valence-corrected chi connectivity index (χ0v) is 10.6. The second-order valence-electron chi connectivity index (χ2n) is 4.72. The third-order valence-corrected chi connectivity index (χ3v) is 3.66. The molecule has 1 atom stereocenters. The summed E-state index contributed by atoms with van der Waals surface area (Å²) in [6.07, 6.45) is 1.69. The summed E-state index contributed by atoms with van der Waals surface area (Å²) in [5.74, 6) is 0.0473. The van der Waals surface area contributed by atoms with Gasteiger partial charge in [0.2, 0.25) is 5.91 Å². The van der Waals surface area contributed by atoms with Crippen LogP contribution in [-0.2, 0) is 9.53 Å². The van der Waals surface area contributed by atoms with Gasteiger partial charge in [-0.25, -0.2) is 0 Å². The molecule has 5 nitrogen and oxygen atoms in total. The number of nitrogens with zero attached hydrogens (tertiary/aromatic N) is 2. The van der Waals surface area contributed by atoms with Crippen molar-refractivity contribution in [3.8, 4) is 6.07 Å². The van der Waals surface area contributed by atoms with Crippen LogP contribution in [-0.4, -0.2) is 43.7 Å². The molecule has 0 aromatic heterocycles. The Morgan fingerprint density at radius 2 is 2.18 bits per heavy atom. The zero-order valence-electron chi connectivity index (χ0n) is 10.6. The van der Waals surface area contributed by atoms with Gasteiger partial charge < -0.3 is 15.4 Å². The number of rotatable bonds is 4. The van der Waals surface area contributed by atoms with Crippen LogP contribution in [0.2, 0.25) is 0 Å². The number of nitrogens with two attached hydrogens (primary N) is 1. The summed E-state index contributed by atoms with van der Waals surface area (Å²) in [5, 5.41) is 8.67. The van der Waals surface area contributed by atoms with Gasteiger partial charge >= 0.3 is 0 Å². The van der Waals surface area contributed by atoms with Gasteiger partial charge in [-0.15, -0.1) is 0 Å². The third kappa shape index (κ3) is 2.96. The third-order valence-electron chi connectivity index (χ3n) is 3.66. The molecule has 1 aliphatic heterocycles. The van der Waals surface area contributed by atoms with E-state index in [-0.39, 0.29) is 11.9 Å². The average molecular weight is 239 g/mol. The lowest BCUT2D eigenvalue weighted by Crippen LogP contribution is -2.51. The van der Waals surface area contributed by atoms with Gasteiger partial charge in [0.1, 0.15) is 0 Å². The Kier molecular flexibility index (Phi) is 4.91. The van der Waals surface area contributed by atoms with Gasteiger partial charge in [-0.3, -0.25) is 4.79 Å². The molecule has 17 heavy (non-hydrogen) atoms. The molecule has 0 aromatic rings. The van der Waals surface area contributed by atoms with E-state index in [1.807, 2.05) is 6.92 Å². The minimum Gasteiger partial charge on any atom is -0.381 e. The standard InChI is InChI=1S/C12H21N3O2/c1-10(3-6-13)15(2)11(16)12(9-14)4-7-17-8-5-12/h10H,3-5,7-9,14H2,1-2H3. The van der Waals surface area contributed by atoms with Gasteiger partial charge in [-0.1, -0.05) is 0 Å². The topological polar surface area (TPSA) is 79.4 Å². The van der Waals surface area contributed by atoms with Crippen molar-refractivity contribution in [2.45, 2.75) is 32.2 Å². The largest absolute Gasteiger partial charge is 0.381 e. The molecule has 1 rings (SSSR count). The summed E-state index contributed by atoms with van der Waals surface area (Å²) in [4.78, 5) is 14.1. The molecule has 0 radical (unpaired) electrons. The Bertz CT molecular complexity index is 305. The first-order valence-corrected chi connectivity index (χ1v) is 5.99. The quantitative estimate of drug-likeness (QED) is 0.775.